The molecular formula is C22H28N2O3. The maximum Gasteiger partial charge on any atom is 0.220 e. The van der Waals surface area contributed by atoms with Crippen LogP contribution in [0.15, 0.2) is 54.6 Å². The highest BCUT2D eigenvalue weighted by Gasteiger charge is 2.23. The van der Waals surface area contributed by atoms with Crippen LogP contribution >= 0.6 is 0 Å². The molecule has 1 aliphatic heterocycles. The summed E-state index contributed by atoms with van der Waals surface area (Å²) < 4.78 is 10.7. The summed E-state index contributed by atoms with van der Waals surface area (Å²) in [5.74, 6) is 0.928. The Bertz CT molecular complexity index is 697. The van der Waals surface area contributed by atoms with Crippen molar-refractivity contribution in [3.63, 3.8) is 0 Å². The fourth-order valence-electron chi connectivity index (χ4n) is 3.37. The number of aryl methyl sites for hydroxylation is 1. The standard InChI is InChI=1S/C22H28N2O3/c1-26-20-10-8-19(9-11-20)21(24-13-15-27-16-14-24)17-23-22(25)12-7-18-5-3-2-4-6-18/h2-6,8-11,21H,7,12-17H2,1H3,(H,23,25). The average Bonchev–Trinajstić information content (AvgIpc) is 2.74. The van der Waals surface area contributed by atoms with E-state index in [2.05, 4.69) is 34.5 Å². The lowest BCUT2D eigenvalue weighted by atomic mass is 10.0. The fraction of sp³-hybridized carbons (Fsp3) is 0.409. The Morgan fingerprint density at radius 2 is 1.81 bits per heavy atom. The molecule has 1 amide bonds. The first-order valence-corrected chi connectivity index (χ1v) is 9.52. The zero-order valence-electron chi connectivity index (χ0n) is 15.9. The molecule has 5 heteroatoms. The molecule has 2 aromatic rings. The van der Waals surface area contributed by atoms with Crippen LogP contribution in [-0.4, -0.2) is 50.8 Å². The number of ether oxygens (including phenoxy) is 2. The van der Waals surface area contributed by atoms with E-state index in [1.54, 1.807) is 7.11 Å². The summed E-state index contributed by atoms with van der Waals surface area (Å²) in [6.07, 6.45) is 1.26. The van der Waals surface area contributed by atoms with Crippen LogP contribution < -0.4 is 10.1 Å². The second-order valence-electron chi connectivity index (χ2n) is 6.73. The second kappa shape index (κ2) is 10.1. The maximum absolute atomic E-state index is 12.4. The Morgan fingerprint density at radius 3 is 2.48 bits per heavy atom. The van der Waals surface area contributed by atoms with Crippen molar-refractivity contribution < 1.29 is 14.3 Å². The number of nitrogens with zero attached hydrogens (tertiary/aromatic N) is 1. The van der Waals surface area contributed by atoms with Crippen molar-refractivity contribution in [2.75, 3.05) is 40.0 Å². The fourth-order valence-corrected chi connectivity index (χ4v) is 3.37. The number of benzene rings is 2. The highest BCUT2D eigenvalue weighted by Crippen LogP contribution is 2.23. The van der Waals surface area contributed by atoms with Gasteiger partial charge in [-0.1, -0.05) is 42.5 Å². The molecule has 1 atom stereocenters. The molecule has 3 rings (SSSR count). The van der Waals surface area contributed by atoms with E-state index in [9.17, 15) is 4.79 Å². The minimum Gasteiger partial charge on any atom is -0.497 e. The lowest BCUT2D eigenvalue weighted by Gasteiger charge is -2.35. The monoisotopic (exact) mass is 368 g/mol. The Kier molecular flexibility index (Phi) is 7.25. The van der Waals surface area contributed by atoms with Crippen LogP contribution in [0.5, 0.6) is 5.75 Å². The molecule has 0 radical (unpaired) electrons. The van der Waals surface area contributed by atoms with E-state index in [1.807, 2.05) is 30.3 Å². The molecule has 1 heterocycles. The van der Waals surface area contributed by atoms with E-state index >= 15 is 0 Å². The van der Waals surface area contributed by atoms with Gasteiger partial charge in [0.25, 0.3) is 0 Å². The Labute approximate surface area is 161 Å². The molecule has 5 nitrogen and oxygen atoms in total. The van der Waals surface area contributed by atoms with Gasteiger partial charge in [0.2, 0.25) is 5.91 Å². The molecule has 0 spiro atoms. The molecule has 0 aliphatic carbocycles. The van der Waals surface area contributed by atoms with Crippen LogP contribution in [0.3, 0.4) is 0 Å². The normalized spacial score (nSPS) is 15.9. The number of hydrogen-bond acceptors (Lipinski definition) is 4. The number of methoxy groups -OCH3 is 1. The lowest BCUT2D eigenvalue weighted by Crippen LogP contribution is -2.43. The van der Waals surface area contributed by atoms with Crippen molar-refractivity contribution in [3.8, 4) is 5.75 Å². The number of amides is 1. The van der Waals surface area contributed by atoms with Gasteiger partial charge in [-0.3, -0.25) is 9.69 Å². The lowest BCUT2D eigenvalue weighted by molar-refractivity contribution is -0.121. The first-order chi connectivity index (χ1) is 13.3. The SMILES string of the molecule is COc1ccc(C(CNC(=O)CCc2ccccc2)N2CCOCC2)cc1. The van der Waals surface area contributed by atoms with E-state index in [0.717, 1.165) is 38.5 Å². The summed E-state index contributed by atoms with van der Waals surface area (Å²) in [5, 5.41) is 3.12. The van der Waals surface area contributed by atoms with Crippen LogP contribution in [0, 0.1) is 0 Å². The van der Waals surface area contributed by atoms with Gasteiger partial charge < -0.3 is 14.8 Å². The van der Waals surface area contributed by atoms with Gasteiger partial charge >= 0.3 is 0 Å². The number of rotatable bonds is 8. The minimum absolute atomic E-state index is 0.0885. The third kappa shape index (κ3) is 5.81. The smallest absolute Gasteiger partial charge is 0.220 e. The summed E-state index contributed by atoms with van der Waals surface area (Å²) in [7, 11) is 1.67. The zero-order chi connectivity index (χ0) is 18.9. The predicted molar refractivity (Wildman–Crippen MR) is 106 cm³/mol. The van der Waals surface area contributed by atoms with Crippen LogP contribution in [0.2, 0.25) is 0 Å². The van der Waals surface area contributed by atoms with Gasteiger partial charge in [0.1, 0.15) is 5.75 Å². The predicted octanol–water partition coefficient (Wildman–Crippen LogP) is 2.82. The van der Waals surface area contributed by atoms with Crippen molar-refractivity contribution in [1.82, 2.24) is 10.2 Å². The number of nitrogens with one attached hydrogen (secondary N) is 1. The van der Waals surface area contributed by atoms with E-state index in [1.165, 1.54) is 11.1 Å². The highest BCUT2D eigenvalue weighted by atomic mass is 16.5. The van der Waals surface area contributed by atoms with Gasteiger partial charge in [-0.25, -0.2) is 0 Å². The molecule has 27 heavy (non-hydrogen) atoms. The van der Waals surface area contributed by atoms with E-state index in [-0.39, 0.29) is 11.9 Å². The van der Waals surface area contributed by atoms with Crippen molar-refractivity contribution in [2.45, 2.75) is 18.9 Å². The van der Waals surface area contributed by atoms with Crippen LogP contribution in [0.4, 0.5) is 0 Å². The average molecular weight is 368 g/mol. The first kappa shape index (κ1) is 19.4. The van der Waals surface area contributed by atoms with Crippen molar-refractivity contribution in [1.29, 1.82) is 0 Å². The summed E-state index contributed by atoms with van der Waals surface area (Å²) in [5.41, 5.74) is 2.37. The molecular weight excluding hydrogens is 340 g/mol. The minimum atomic E-state index is 0.0885. The molecule has 1 N–H and O–H groups in total. The molecule has 0 bridgehead atoms. The Balaban J connectivity index is 1.59. The third-order valence-corrected chi connectivity index (χ3v) is 4.96. The number of carbonyl (C=O) groups excluding carboxylic acids is 1. The van der Waals surface area contributed by atoms with E-state index < -0.39 is 0 Å². The van der Waals surface area contributed by atoms with E-state index in [0.29, 0.717) is 13.0 Å². The van der Waals surface area contributed by atoms with Gasteiger partial charge in [0.05, 0.1) is 26.4 Å². The van der Waals surface area contributed by atoms with E-state index in [4.69, 9.17) is 9.47 Å². The van der Waals surface area contributed by atoms with Gasteiger partial charge in [0.15, 0.2) is 0 Å². The molecule has 1 aliphatic rings. The summed E-state index contributed by atoms with van der Waals surface area (Å²) in [6.45, 7) is 3.80. The van der Waals surface area contributed by atoms with Crippen LogP contribution in [0.1, 0.15) is 23.6 Å². The quantitative estimate of drug-likeness (QED) is 0.778. The third-order valence-electron chi connectivity index (χ3n) is 4.96. The Hall–Kier alpha value is -2.37. The molecule has 0 saturated carbocycles. The maximum atomic E-state index is 12.4. The van der Waals surface area contributed by atoms with Crippen molar-refractivity contribution in [2.24, 2.45) is 0 Å². The molecule has 2 aromatic carbocycles. The van der Waals surface area contributed by atoms with Crippen LogP contribution in [-0.2, 0) is 16.0 Å². The number of hydrogen-bond donors (Lipinski definition) is 1. The molecule has 1 unspecified atom stereocenters. The Morgan fingerprint density at radius 1 is 1.11 bits per heavy atom. The molecule has 1 saturated heterocycles. The summed E-state index contributed by atoms with van der Waals surface area (Å²) >= 11 is 0. The first-order valence-electron chi connectivity index (χ1n) is 9.52. The van der Waals surface area contributed by atoms with Crippen LogP contribution in [0.25, 0.3) is 0 Å². The summed E-state index contributed by atoms with van der Waals surface area (Å²) in [6, 6.07) is 18.4. The van der Waals surface area contributed by atoms with Gasteiger partial charge in [-0.15, -0.1) is 0 Å². The highest BCUT2D eigenvalue weighted by molar-refractivity contribution is 5.76. The van der Waals surface area contributed by atoms with Gasteiger partial charge in [-0.05, 0) is 29.7 Å². The number of carbonyl (C=O) groups is 1. The van der Waals surface area contributed by atoms with Crippen molar-refractivity contribution in [3.05, 3.63) is 65.7 Å². The molecule has 1 fully saturated rings. The number of morpholine rings is 1. The second-order valence-corrected chi connectivity index (χ2v) is 6.73. The van der Waals surface area contributed by atoms with Gasteiger partial charge in [0, 0.05) is 26.1 Å². The zero-order valence-corrected chi connectivity index (χ0v) is 15.9. The van der Waals surface area contributed by atoms with Crippen molar-refractivity contribution >= 4 is 5.91 Å². The summed E-state index contributed by atoms with van der Waals surface area (Å²) in [4.78, 5) is 14.7. The largest absolute Gasteiger partial charge is 0.497 e. The molecule has 144 valence electrons. The van der Waals surface area contributed by atoms with Gasteiger partial charge in [-0.2, -0.15) is 0 Å². The molecule has 0 aromatic heterocycles. The topological polar surface area (TPSA) is 50.8 Å².